The highest BCUT2D eigenvalue weighted by molar-refractivity contribution is 5.97. The molecular formula is C11H13N3O3. The number of rotatable bonds is 3. The largest absolute Gasteiger partial charge is 0.477 e. The number of nitrogens with two attached hydrogens (primary N) is 1. The van der Waals surface area contributed by atoms with Gasteiger partial charge >= 0.3 is 5.97 Å². The zero-order chi connectivity index (χ0) is 12.4. The fourth-order valence-corrected chi connectivity index (χ4v) is 1.89. The van der Waals surface area contributed by atoms with Gasteiger partial charge in [0.15, 0.2) is 0 Å². The van der Waals surface area contributed by atoms with Gasteiger partial charge in [0, 0.05) is 24.8 Å². The number of hydrogen-bond donors (Lipinski definition) is 2. The first kappa shape index (κ1) is 11.5. The van der Waals surface area contributed by atoms with E-state index in [1.54, 1.807) is 11.0 Å². The van der Waals surface area contributed by atoms with Gasteiger partial charge in [-0.25, -0.2) is 9.78 Å². The van der Waals surface area contributed by atoms with Gasteiger partial charge in [-0.2, -0.15) is 0 Å². The van der Waals surface area contributed by atoms with Crippen LogP contribution in [0.3, 0.4) is 0 Å². The van der Waals surface area contributed by atoms with Crippen LogP contribution in [-0.2, 0) is 4.79 Å². The van der Waals surface area contributed by atoms with Gasteiger partial charge in [0.25, 0.3) is 0 Å². The Morgan fingerprint density at radius 3 is 3.00 bits per heavy atom. The van der Waals surface area contributed by atoms with Crippen molar-refractivity contribution in [3.05, 3.63) is 24.0 Å². The van der Waals surface area contributed by atoms with Gasteiger partial charge in [0.1, 0.15) is 5.69 Å². The van der Waals surface area contributed by atoms with Crippen LogP contribution in [0.5, 0.6) is 0 Å². The zero-order valence-electron chi connectivity index (χ0n) is 9.17. The highest BCUT2D eigenvalue weighted by Gasteiger charge is 2.29. The van der Waals surface area contributed by atoms with E-state index in [1.165, 1.54) is 12.3 Å². The number of aromatic carboxylic acids is 1. The summed E-state index contributed by atoms with van der Waals surface area (Å²) in [4.78, 5) is 27.8. The summed E-state index contributed by atoms with van der Waals surface area (Å²) >= 11 is 0. The standard InChI is InChI=1S/C11H13N3O3/c12-5-7-3-10(15)14(6-7)8-1-2-13-9(4-8)11(16)17/h1-2,4,7H,3,5-6,12H2,(H,16,17). The number of carboxylic acids is 1. The molecule has 2 rings (SSSR count). The van der Waals surface area contributed by atoms with Crippen molar-refractivity contribution < 1.29 is 14.7 Å². The maximum atomic E-state index is 11.7. The van der Waals surface area contributed by atoms with Gasteiger partial charge in [0.05, 0.1) is 0 Å². The van der Waals surface area contributed by atoms with E-state index in [1.807, 2.05) is 0 Å². The van der Waals surface area contributed by atoms with Crippen LogP contribution in [0, 0.1) is 5.92 Å². The maximum Gasteiger partial charge on any atom is 0.354 e. The lowest BCUT2D eigenvalue weighted by Crippen LogP contribution is -2.26. The molecule has 0 saturated carbocycles. The molecular weight excluding hydrogens is 222 g/mol. The number of amides is 1. The van der Waals surface area contributed by atoms with E-state index in [2.05, 4.69) is 4.98 Å². The first-order valence-electron chi connectivity index (χ1n) is 5.31. The van der Waals surface area contributed by atoms with Crippen molar-refractivity contribution in [3.63, 3.8) is 0 Å². The molecule has 17 heavy (non-hydrogen) atoms. The third-order valence-corrected chi connectivity index (χ3v) is 2.81. The SMILES string of the molecule is NCC1CC(=O)N(c2ccnc(C(=O)O)c2)C1. The van der Waals surface area contributed by atoms with E-state index < -0.39 is 5.97 Å². The molecule has 0 bridgehead atoms. The van der Waals surface area contributed by atoms with Crippen LogP contribution in [0.2, 0.25) is 0 Å². The van der Waals surface area contributed by atoms with Gasteiger partial charge in [-0.1, -0.05) is 0 Å². The van der Waals surface area contributed by atoms with Crippen molar-refractivity contribution in [1.82, 2.24) is 4.98 Å². The van der Waals surface area contributed by atoms with Crippen LogP contribution in [0.4, 0.5) is 5.69 Å². The molecule has 0 aromatic carbocycles. The number of carbonyl (C=O) groups is 2. The fraction of sp³-hybridized carbons (Fsp3) is 0.364. The van der Waals surface area contributed by atoms with E-state index in [0.717, 1.165) is 0 Å². The van der Waals surface area contributed by atoms with Gasteiger partial charge in [-0.15, -0.1) is 0 Å². The molecule has 90 valence electrons. The molecule has 1 fully saturated rings. The predicted octanol–water partition coefficient (Wildman–Crippen LogP) is 0.0914. The minimum atomic E-state index is -1.10. The number of carboxylic acid groups (broad SMARTS) is 1. The predicted molar refractivity (Wildman–Crippen MR) is 60.7 cm³/mol. The Balaban J connectivity index is 2.25. The average molecular weight is 235 g/mol. The summed E-state index contributed by atoms with van der Waals surface area (Å²) in [5.41, 5.74) is 6.03. The van der Waals surface area contributed by atoms with E-state index in [4.69, 9.17) is 10.8 Å². The first-order valence-corrected chi connectivity index (χ1v) is 5.31. The number of pyridine rings is 1. The number of aromatic nitrogens is 1. The van der Waals surface area contributed by atoms with E-state index in [-0.39, 0.29) is 17.5 Å². The third-order valence-electron chi connectivity index (χ3n) is 2.81. The second kappa shape index (κ2) is 4.50. The lowest BCUT2D eigenvalue weighted by Gasteiger charge is -2.16. The number of hydrogen-bond acceptors (Lipinski definition) is 4. The molecule has 1 aromatic rings. The molecule has 0 aliphatic carbocycles. The normalized spacial score (nSPS) is 19.7. The van der Waals surface area contributed by atoms with E-state index >= 15 is 0 Å². The van der Waals surface area contributed by atoms with Crippen molar-refractivity contribution >= 4 is 17.6 Å². The topological polar surface area (TPSA) is 96.5 Å². The van der Waals surface area contributed by atoms with Gasteiger partial charge in [-0.05, 0) is 24.6 Å². The Hall–Kier alpha value is -1.95. The van der Waals surface area contributed by atoms with Gasteiger partial charge < -0.3 is 15.7 Å². The zero-order valence-corrected chi connectivity index (χ0v) is 9.17. The highest BCUT2D eigenvalue weighted by Crippen LogP contribution is 2.24. The number of nitrogens with zero attached hydrogens (tertiary/aromatic N) is 2. The Bertz CT molecular complexity index is 461. The Morgan fingerprint density at radius 2 is 2.41 bits per heavy atom. The van der Waals surface area contributed by atoms with Gasteiger partial charge in [-0.3, -0.25) is 4.79 Å². The Morgan fingerprint density at radius 1 is 1.65 bits per heavy atom. The van der Waals surface area contributed by atoms with Crippen LogP contribution in [0.1, 0.15) is 16.9 Å². The Kier molecular flexibility index (Phi) is 3.06. The lowest BCUT2D eigenvalue weighted by atomic mass is 10.1. The second-order valence-corrected chi connectivity index (χ2v) is 4.01. The molecule has 2 heterocycles. The van der Waals surface area contributed by atoms with Crippen LogP contribution < -0.4 is 10.6 Å². The molecule has 1 aliphatic rings. The van der Waals surface area contributed by atoms with E-state index in [0.29, 0.717) is 25.2 Å². The molecule has 0 radical (unpaired) electrons. The van der Waals surface area contributed by atoms with Crippen molar-refractivity contribution in [2.24, 2.45) is 11.7 Å². The maximum absolute atomic E-state index is 11.7. The summed E-state index contributed by atoms with van der Waals surface area (Å²) in [7, 11) is 0. The minimum Gasteiger partial charge on any atom is -0.477 e. The average Bonchev–Trinajstić information content (AvgIpc) is 2.71. The van der Waals surface area contributed by atoms with Gasteiger partial charge in [0.2, 0.25) is 5.91 Å². The lowest BCUT2D eigenvalue weighted by molar-refractivity contribution is -0.117. The van der Waals surface area contributed by atoms with Crippen LogP contribution in [0.25, 0.3) is 0 Å². The monoisotopic (exact) mass is 235 g/mol. The van der Waals surface area contributed by atoms with E-state index in [9.17, 15) is 9.59 Å². The molecule has 1 aliphatic heterocycles. The molecule has 1 atom stereocenters. The molecule has 6 heteroatoms. The molecule has 1 aromatic heterocycles. The molecule has 3 N–H and O–H groups in total. The first-order chi connectivity index (χ1) is 8.11. The molecule has 1 unspecified atom stereocenters. The number of carbonyl (C=O) groups excluding carboxylic acids is 1. The third kappa shape index (κ3) is 2.26. The van der Waals surface area contributed by atoms with Crippen molar-refractivity contribution in [2.45, 2.75) is 6.42 Å². The van der Waals surface area contributed by atoms with Crippen LogP contribution in [0.15, 0.2) is 18.3 Å². The summed E-state index contributed by atoms with van der Waals surface area (Å²) in [6.45, 7) is 0.998. The second-order valence-electron chi connectivity index (χ2n) is 4.01. The number of anilines is 1. The van der Waals surface area contributed by atoms with Crippen molar-refractivity contribution in [3.8, 4) is 0 Å². The summed E-state index contributed by atoms with van der Waals surface area (Å²) in [5, 5.41) is 8.83. The van der Waals surface area contributed by atoms with Crippen molar-refractivity contribution in [1.29, 1.82) is 0 Å². The summed E-state index contributed by atoms with van der Waals surface area (Å²) < 4.78 is 0. The van der Waals surface area contributed by atoms with Crippen molar-refractivity contribution in [2.75, 3.05) is 18.0 Å². The fourth-order valence-electron chi connectivity index (χ4n) is 1.89. The van der Waals surface area contributed by atoms with Crippen LogP contribution in [-0.4, -0.2) is 35.1 Å². The molecule has 6 nitrogen and oxygen atoms in total. The van der Waals surface area contributed by atoms with Crippen LogP contribution >= 0.6 is 0 Å². The summed E-state index contributed by atoms with van der Waals surface area (Å²) in [5.74, 6) is -0.985. The summed E-state index contributed by atoms with van der Waals surface area (Å²) in [6, 6.07) is 3.03. The highest BCUT2D eigenvalue weighted by atomic mass is 16.4. The molecule has 1 saturated heterocycles. The molecule has 0 spiro atoms. The molecule has 1 amide bonds. The smallest absolute Gasteiger partial charge is 0.354 e. The quantitative estimate of drug-likeness (QED) is 0.774. The Labute approximate surface area is 98.1 Å². The minimum absolute atomic E-state index is 0.0250. The summed E-state index contributed by atoms with van der Waals surface area (Å²) in [6.07, 6.45) is 1.81.